The van der Waals surface area contributed by atoms with Crippen LogP contribution in [0.25, 0.3) is 0 Å². The van der Waals surface area contributed by atoms with E-state index in [0.29, 0.717) is 0 Å². The van der Waals surface area contributed by atoms with E-state index in [1.165, 1.54) is 25.1 Å². The quantitative estimate of drug-likeness (QED) is 0.745. The number of rotatable bonds is 5. The van der Waals surface area contributed by atoms with Gasteiger partial charge in [-0.25, -0.2) is 0 Å². The zero-order valence-electron chi connectivity index (χ0n) is 11.1. The molecule has 3 heteroatoms. The molecule has 0 atom stereocenters. The zero-order chi connectivity index (χ0) is 12.8. The molecule has 0 aliphatic carbocycles. The molecular weight excluding hydrogens is 224 g/mol. The first-order valence-electron chi connectivity index (χ1n) is 6.86. The van der Waals surface area contributed by atoms with Gasteiger partial charge in [0.25, 0.3) is 0 Å². The SMILES string of the molecule is CCCCN1CCN(c2ccc(C=O)cc2)CC1. The van der Waals surface area contributed by atoms with E-state index in [4.69, 9.17) is 0 Å². The predicted octanol–water partition coefficient (Wildman–Crippen LogP) is 2.42. The molecule has 1 aliphatic heterocycles. The van der Waals surface area contributed by atoms with E-state index >= 15 is 0 Å². The van der Waals surface area contributed by atoms with Crippen LogP contribution in [0.15, 0.2) is 24.3 Å². The Hall–Kier alpha value is -1.35. The van der Waals surface area contributed by atoms with E-state index in [-0.39, 0.29) is 0 Å². The highest BCUT2D eigenvalue weighted by Gasteiger charge is 2.16. The first-order valence-corrected chi connectivity index (χ1v) is 6.86. The number of piperazine rings is 1. The summed E-state index contributed by atoms with van der Waals surface area (Å²) >= 11 is 0. The van der Waals surface area contributed by atoms with Crippen molar-refractivity contribution in [2.75, 3.05) is 37.6 Å². The summed E-state index contributed by atoms with van der Waals surface area (Å²) in [5, 5.41) is 0. The fourth-order valence-corrected chi connectivity index (χ4v) is 2.38. The fraction of sp³-hybridized carbons (Fsp3) is 0.533. The smallest absolute Gasteiger partial charge is 0.150 e. The molecule has 0 bridgehead atoms. The Bertz CT molecular complexity index is 367. The van der Waals surface area contributed by atoms with Crippen molar-refractivity contribution in [2.45, 2.75) is 19.8 Å². The molecule has 1 aromatic rings. The van der Waals surface area contributed by atoms with Crippen LogP contribution < -0.4 is 4.90 Å². The minimum Gasteiger partial charge on any atom is -0.369 e. The van der Waals surface area contributed by atoms with Gasteiger partial charge in [-0.05, 0) is 37.2 Å². The Morgan fingerprint density at radius 3 is 2.33 bits per heavy atom. The van der Waals surface area contributed by atoms with Crippen molar-refractivity contribution in [1.29, 1.82) is 0 Å². The lowest BCUT2D eigenvalue weighted by molar-refractivity contribution is 0.112. The number of anilines is 1. The molecule has 0 amide bonds. The largest absolute Gasteiger partial charge is 0.369 e. The maximum absolute atomic E-state index is 10.6. The predicted molar refractivity (Wildman–Crippen MR) is 75.4 cm³/mol. The number of hydrogen-bond acceptors (Lipinski definition) is 3. The number of carbonyl (C=O) groups is 1. The Balaban J connectivity index is 1.86. The number of hydrogen-bond donors (Lipinski definition) is 0. The molecule has 3 nitrogen and oxygen atoms in total. The van der Waals surface area contributed by atoms with Crippen molar-refractivity contribution in [3.8, 4) is 0 Å². The van der Waals surface area contributed by atoms with Gasteiger partial charge in [-0.3, -0.25) is 9.69 Å². The molecule has 0 unspecified atom stereocenters. The van der Waals surface area contributed by atoms with Crippen LogP contribution >= 0.6 is 0 Å². The third-order valence-corrected chi connectivity index (χ3v) is 3.59. The van der Waals surface area contributed by atoms with Crippen molar-refractivity contribution in [3.63, 3.8) is 0 Å². The second-order valence-electron chi connectivity index (χ2n) is 4.89. The average molecular weight is 246 g/mol. The molecule has 1 aliphatic rings. The van der Waals surface area contributed by atoms with Crippen LogP contribution in [0.2, 0.25) is 0 Å². The van der Waals surface area contributed by atoms with Gasteiger partial charge in [0.2, 0.25) is 0 Å². The zero-order valence-corrected chi connectivity index (χ0v) is 11.1. The molecule has 0 aromatic heterocycles. The second-order valence-corrected chi connectivity index (χ2v) is 4.89. The van der Waals surface area contributed by atoms with Crippen molar-refractivity contribution >= 4 is 12.0 Å². The summed E-state index contributed by atoms with van der Waals surface area (Å²) in [7, 11) is 0. The van der Waals surface area contributed by atoms with Crippen LogP contribution in [0.4, 0.5) is 5.69 Å². The monoisotopic (exact) mass is 246 g/mol. The van der Waals surface area contributed by atoms with Gasteiger partial charge in [0.15, 0.2) is 0 Å². The first-order chi connectivity index (χ1) is 8.83. The standard InChI is InChI=1S/C15H22N2O/c1-2-3-8-16-9-11-17(12-10-16)15-6-4-14(13-18)5-7-15/h4-7,13H,2-3,8-12H2,1H3. The summed E-state index contributed by atoms with van der Waals surface area (Å²) in [6.07, 6.45) is 3.47. The van der Waals surface area contributed by atoms with E-state index in [9.17, 15) is 4.79 Å². The number of nitrogens with zero attached hydrogens (tertiary/aromatic N) is 2. The molecule has 0 N–H and O–H groups in total. The van der Waals surface area contributed by atoms with Crippen molar-refractivity contribution in [2.24, 2.45) is 0 Å². The summed E-state index contributed by atoms with van der Waals surface area (Å²) < 4.78 is 0. The van der Waals surface area contributed by atoms with Crippen LogP contribution in [-0.4, -0.2) is 43.9 Å². The van der Waals surface area contributed by atoms with Gasteiger partial charge >= 0.3 is 0 Å². The van der Waals surface area contributed by atoms with Gasteiger partial charge in [-0.2, -0.15) is 0 Å². The Morgan fingerprint density at radius 2 is 1.78 bits per heavy atom. The van der Waals surface area contributed by atoms with Gasteiger partial charge in [0.05, 0.1) is 0 Å². The number of benzene rings is 1. The van der Waals surface area contributed by atoms with E-state index < -0.39 is 0 Å². The average Bonchev–Trinajstić information content (AvgIpc) is 2.46. The number of aldehydes is 1. The van der Waals surface area contributed by atoms with Crippen LogP contribution in [0.3, 0.4) is 0 Å². The number of carbonyl (C=O) groups excluding carboxylic acids is 1. The van der Waals surface area contributed by atoms with E-state index in [1.54, 1.807) is 0 Å². The molecule has 1 fully saturated rings. The summed E-state index contributed by atoms with van der Waals surface area (Å²) in [5.41, 5.74) is 1.98. The maximum Gasteiger partial charge on any atom is 0.150 e. The third kappa shape index (κ3) is 3.33. The molecule has 0 radical (unpaired) electrons. The van der Waals surface area contributed by atoms with Gasteiger partial charge in [-0.15, -0.1) is 0 Å². The topological polar surface area (TPSA) is 23.6 Å². The highest BCUT2D eigenvalue weighted by atomic mass is 16.1. The fourth-order valence-electron chi connectivity index (χ4n) is 2.38. The van der Waals surface area contributed by atoms with Gasteiger partial charge in [0, 0.05) is 37.4 Å². The molecule has 2 rings (SSSR count). The lowest BCUT2D eigenvalue weighted by atomic mass is 10.2. The highest BCUT2D eigenvalue weighted by Crippen LogP contribution is 2.17. The molecular formula is C15H22N2O. The maximum atomic E-state index is 10.6. The van der Waals surface area contributed by atoms with Gasteiger partial charge < -0.3 is 4.90 Å². The summed E-state index contributed by atoms with van der Waals surface area (Å²) in [4.78, 5) is 15.6. The van der Waals surface area contributed by atoms with Crippen LogP contribution in [-0.2, 0) is 0 Å². The molecule has 1 heterocycles. The summed E-state index contributed by atoms with van der Waals surface area (Å²) in [6.45, 7) is 7.94. The van der Waals surface area contributed by atoms with Crippen LogP contribution in [0.1, 0.15) is 30.1 Å². The van der Waals surface area contributed by atoms with Crippen molar-refractivity contribution < 1.29 is 4.79 Å². The first kappa shape index (κ1) is 13.1. The molecule has 0 spiro atoms. The van der Waals surface area contributed by atoms with Crippen LogP contribution in [0.5, 0.6) is 0 Å². The lowest BCUT2D eigenvalue weighted by Crippen LogP contribution is -2.46. The van der Waals surface area contributed by atoms with Crippen molar-refractivity contribution in [1.82, 2.24) is 4.90 Å². The summed E-state index contributed by atoms with van der Waals surface area (Å²) in [5.74, 6) is 0. The van der Waals surface area contributed by atoms with Crippen LogP contribution in [0, 0.1) is 0 Å². The minimum atomic E-state index is 0.750. The molecule has 18 heavy (non-hydrogen) atoms. The second kappa shape index (κ2) is 6.55. The van der Waals surface area contributed by atoms with Crippen molar-refractivity contribution in [3.05, 3.63) is 29.8 Å². The van der Waals surface area contributed by atoms with E-state index in [1.807, 2.05) is 24.3 Å². The number of unbranched alkanes of at least 4 members (excludes halogenated alkanes) is 1. The minimum absolute atomic E-state index is 0.750. The lowest BCUT2D eigenvalue weighted by Gasteiger charge is -2.36. The molecule has 0 saturated carbocycles. The van der Waals surface area contributed by atoms with E-state index in [0.717, 1.165) is 38.0 Å². The Morgan fingerprint density at radius 1 is 1.11 bits per heavy atom. The summed E-state index contributed by atoms with van der Waals surface area (Å²) in [6, 6.07) is 7.88. The molecule has 1 aromatic carbocycles. The highest BCUT2D eigenvalue weighted by molar-refractivity contribution is 5.75. The third-order valence-electron chi connectivity index (χ3n) is 3.59. The Kier molecular flexibility index (Phi) is 4.76. The Labute approximate surface area is 109 Å². The van der Waals surface area contributed by atoms with Gasteiger partial charge in [0.1, 0.15) is 6.29 Å². The normalized spacial score (nSPS) is 16.8. The molecule has 98 valence electrons. The van der Waals surface area contributed by atoms with E-state index in [2.05, 4.69) is 16.7 Å². The molecule has 1 saturated heterocycles. The van der Waals surface area contributed by atoms with Gasteiger partial charge in [-0.1, -0.05) is 13.3 Å².